The van der Waals surface area contributed by atoms with Gasteiger partial charge in [-0.25, -0.2) is 0 Å². The topological polar surface area (TPSA) is 110 Å². The van der Waals surface area contributed by atoms with Crippen molar-refractivity contribution in [2.24, 2.45) is 0 Å². The zero-order valence-electron chi connectivity index (χ0n) is 13.6. The van der Waals surface area contributed by atoms with Crippen LogP contribution in [0.2, 0.25) is 0 Å². The molecule has 1 saturated heterocycles. The zero-order valence-corrected chi connectivity index (χ0v) is 13.6. The second-order valence-electron chi connectivity index (χ2n) is 5.57. The van der Waals surface area contributed by atoms with Gasteiger partial charge in [0.15, 0.2) is 11.5 Å². The molecule has 0 radical (unpaired) electrons. The number of carbonyl (C=O) groups is 1. The highest BCUT2D eigenvalue weighted by molar-refractivity contribution is 6.03. The maximum atomic E-state index is 12.3. The number of anilines is 2. The molecule has 1 aromatic heterocycles. The highest BCUT2D eigenvalue weighted by Crippen LogP contribution is 2.29. The number of hydrogen-bond donors (Lipinski definition) is 1. The SMILES string of the molecule is COc1ccc([N+](=O)[O-])cc1NC(=O)c1ccc(N2CCCC2)nn1. The number of rotatable bonds is 5. The minimum atomic E-state index is -0.542. The Morgan fingerprint density at radius 1 is 1.24 bits per heavy atom. The number of carbonyl (C=O) groups excluding carboxylic acids is 1. The van der Waals surface area contributed by atoms with E-state index < -0.39 is 10.8 Å². The lowest BCUT2D eigenvalue weighted by Crippen LogP contribution is -2.21. The molecular formula is C16H17N5O4. The molecule has 0 saturated carbocycles. The third-order valence-electron chi connectivity index (χ3n) is 3.96. The van der Waals surface area contributed by atoms with Crippen LogP contribution in [0, 0.1) is 10.1 Å². The van der Waals surface area contributed by atoms with Crippen LogP contribution in [0.25, 0.3) is 0 Å². The largest absolute Gasteiger partial charge is 0.495 e. The maximum absolute atomic E-state index is 12.3. The number of aromatic nitrogens is 2. The summed E-state index contributed by atoms with van der Waals surface area (Å²) in [6.45, 7) is 1.87. The van der Waals surface area contributed by atoms with Crippen LogP contribution in [0.1, 0.15) is 23.3 Å². The van der Waals surface area contributed by atoms with Gasteiger partial charge >= 0.3 is 0 Å². The molecule has 0 atom stereocenters. The highest BCUT2D eigenvalue weighted by atomic mass is 16.6. The molecule has 1 aliphatic heterocycles. The summed E-state index contributed by atoms with van der Waals surface area (Å²) in [4.78, 5) is 24.8. The third kappa shape index (κ3) is 3.65. The normalized spacial score (nSPS) is 13.6. The van der Waals surface area contributed by atoms with Crippen LogP contribution in [0.5, 0.6) is 5.75 Å². The number of amides is 1. The molecule has 130 valence electrons. The van der Waals surface area contributed by atoms with Crippen molar-refractivity contribution in [3.63, 3.8) is 0 Å². The molecule has 2 heterocycles. The number of hydrogen-bond acceptors (Lipinski definition) is 7. The van der Waals surface area contributed by atoms with E-state index >= 15 is 0 Å². The first kappa shape index (κ1) is 16.6. The molecular weight excluding hydrogens is 326 g/mol. The van der Waals surface area contributed by atoms with Gasteiger partial charge in [-0.15, -0.1) is 10.2 Å². The molecule has 9 heteroatoms. The van der Waals surface area contributed by atoms with Crippen molar-refractivity contribution >= 4 is 23.1 Å². The Morgan fingerprint density at radius 3 is 2.60 bits per heavy atom. The van der Waals surface area contributed by atoms with Crippen LogP contribution >= 0.6 is 0 Å². The van der Waals surface area contributed by atoms with E-state index in [1.165, 1.54) is 25.3 Å². The number of nitrogens with one attached hydrogen (secondary N) is 1. The zero-order chi connectivity index (χ0) is 17.8. The number of benzene rings is 1. The Balaban J connectivity index is 1.77. The van der Waals surface area contributed by atoms with E-state index in [4.69, 9.17) is 4.74 Å². The first-order valence-corrected chi connectivity index (χ1v) is 7.81. The monoisotopic (exact) mass is 343 g/mol. The molecule has 0 aliphatic carbocycles. The highest BCUT2D eigenvalue weighted by Gasteiger charge is 2.17. The summed E-state index contributed by atoms with van der Waals surface area (Å²) in [6.07, 6.45) is 2.24. The smallest absolute Gasteiger partial charge is 0.276 e. The summed E-state index contributed by atoms with van der Waals surface area (Å²) >= 11 is 0. The van der Waals surface area contributed by atoms with Crippen molar-refractivity contribution in [2.45, 2.75) is 12.8 Å². The van der Waals surface area contributed by atoms with Gasteiger partial charge in [-0.3, -0.25) is 14.9 Å². The van der Waals surface area contributed by atoms with E-state index in [-0.39, 0.29) is 17.1 Å². The predicted octanol–water partition coefficient (Wildman–Crippen LogP) is 2.25. The molecule has 3 rings (SSSR count). The Bertz CT molecular complexity index is 788. The Kier molecular flexibility index (Phi) is 4.73. The van der Waals surface area contributed by atoms with E-state index in [0.717, 1.165) is 31.7 Å². The molecule has 0 unspecified atom stereocenters. The van der Waals surface area contributed by atoms with Crippen LogP contribution in [0.15, 0.2) is 30.3 Å². The Labute approximate surface area is 143 Å². The Hall–Kier alpha value is -3.23. The number of nitrogens with zero attached hydrogens (tertiary/aromatic N) is 4. The van der Waals surface area contributed by atoms with Crippen molar-refractivity contribution in [1.82, 2.24) is 10.2 Å². The van der Waals surface area contributed by atoms with Crippen LogP contribution < -0.4 is 15.0 Å². The van der Waals surface area contributed by atoms with Crippen molar-refractivity contribution in [2.75, 3.05) is 30.4 Å². The van der Waals surface area contributed by atoms with Gasteiger partial charge in [0.1, 0.15) is 5.75 Å². The van der Waals surface area contributed by atoms with E-state index in [1.807, 2.05) is 0 Å². The second kappa shape index (κ2) is 7.12. The number of methoxy groups -OCH3 is 1. The fraction of sp³-hybridized carbons (Fsp3) is 0.312. The van der Waals surface area contributed by atoms with Crippen LogP contribution in [-0.2, 0) is 0 Å². The summed E-state index contributed by atoms with van der Waals surface area (Å²) in [7, 11) is 1.42. The van der Waals surface area contributed by atoms with Crippen LogP contribution in [-0.4, -0.2) is 41.2 Å². The minimum Gasteiger partial charge on any atom is -0.495 e. The number of non-ortho nitro benzene ring substituents is 1. The summed E-state index contributed by atoms with van der Waals surface area (Å²) in [5.41, 5.74) is 0.176. The van der Waals surface area contributed by atoms with Gasteiger partial charge in [-0.2, -0.15) is 0 Å². The molecule has 1 aromatic carbocycles. The van der Waals surface area contributed by atoms with Gasteiger partial charge in [0.2, 0.25) is 0 Å². The van der Waals surface area contributed by atoms with Crippen molar-refractivity contribution in [3.05, 3.63) is 46.1 Å². The second-order valence-corrected chi connectivity index (χ2v) is 5.57. The molecule has 2 aromatic rings. The van der Waals surface area contributed by atoms with Gasteiger partial charge in [0.05, 0.1) is 17.7 Å². The third-order valence-corrected chi connectivity index (χ3v) is 3.96. The van der Waals surface area contributed by atoms with Crippen molar-refractivity contribution in [3.8, 4) is 5.75 Å². The quantitative estimate of drug-likeness (QED) is 0.654. The number of nitro groups is 1. The van der Waals surface area contributed by atoms with Gasteiger partial charge < -0.3 is 15.0 Å². The summed E-state index contributed by atoms with van der Waals surface area (Å²) in [5.74, 6) is 0.543. The molecule has 0 bridgehead atoms. The molecule has 1 amide bonds. The molecule has 0 spiro atoms. The number of nitro benzene ring substituents is 1. The van der Waals surface area contributed by atoms with Crippen LogP contribution in [0.4, 0.5) is 17.2 Å². The van der Waals surface area contributed by atoms with Crippen molar-refractivity contribution < 1.29 is 14.5 Å². The molecule has 1 N–H and O–H groups in total. The van der Waals surface area contributed by atoms with E-state index in [1.54, 1.807) is 12.1 Å². The minimum absolute atomic E-state index is 0.122. The van der Waals surface area contributed by atoms with Gasteiger partial charge in [0, 0.05) is 25.2 Å². The summed E-state index contributed by atoms with van der Waals surface area (Å²) in [6, 6.07) is 7.30. The lowest BCUT2D eigenvalue weighted by atomic mass is 10.2. The van der Waals surface area contributed by atoms with Gasteiger partial charge in [-0.1, -0.05) is 0 Å². The van der Waals surface area contributed by atoms with E-state index in [9.17, 15) is 14.9 Å². The average molecular weight is 343 g/mol. The Morgan fingerprint density at radius 2 is 2.00 bits per heavy atom. The molecule has 25 heavy (non-hydrogen) atoms. The van der Waals surface area contributed by atoms with Crippen molar-refractivity contribution in [1.29, 1.82) is 0 Å². The average Bonchev–Trinajstić information content (AvgIpc) is 3.16. The van der Waals surface area contributed by atoms with E-state index in [2.05, 4.69) is 20.4 Å². The lowest BCUT2D eigenvalue weighted by molar-refractivity contribution is -0.384. The number of ether oxygens (including phenoxy) is 1. The lowest BCUT2D eigenvalue weighted by Gasteiger charge is -2.15. The first-order chi connectivity index (χ1) is 12.1. The fourth-order valence-electron chi connectivity index (χ4n) is 2.65. The standard InChI is InChI=1S/C16H17N5O4/c1-25-14-6-4-11(21(23)24)10-13(14)17-16(22)12-5-7-15(19-18-12)20-8-2-3-9-20/h4-7,10H,2-3,8-9H2,1H3,(H,17,22). The molecule has 1 aliphatic rings. The van der Waals surface area contributed by atoms with Crippen LogP contribution in [0.3, 0.4) is 0 Å². The molecule has 1 fully saturated rings. The molecule has 9 nitrogen and oxygen atoms in total. The predicted molar refractivity (Wildman–Crippen MR) is 91.1 cm³/mol. The van der Waals surface area contributed by atoms with Gasteiger partial charge in [0.25, 0.3) is 11.6 Å². The fourth-order valence-corrected chi connectivity index (χ4v) is 2.65. The summed E-state index contributed by atoms with van der Waals surface area (Å²) < 4.78 is 5.12. The van der Waals surface area contributed by atoms with E-state index in [0.29, 0.717) is 5.75 Å². The summed E-state index contributed by atoms with van der Waals surface area (Å²) in [5, 5.41) is 21.5. The first-order valence-electron chi connectivity index (χ1n) is 7.81. The maximum Gasteiger partial charge on any atom is 0.276 e. The van der Waals surface area contributed by atoms with Gasteiger partial charge in [-0.05, 0) is 31.0 Å².